The average Bonchev–Trinajstić information content (AvgIpc) is 2.29. The number of anilines is 1. The molecule has 1 atom stereocenters. The van der Waals surface area contributed by atoms with Crippen molar-refractivity contribution in [2.45, 2.75) is 12.8 Å². The summed E-state index contributed by atoms with van der Waals surface area (Å²) in [5.74, 6) is -0.0909. The van der Waals surface area contributed by atoms with Crippen LogP contribution in [0, 0.1) is 0 Å². The van der Waals surface area contributed by atoms with Crippen molar-refractivity contribution in [2.75, 3.05) is 5.32 Å². The fourth-order valence-corrected chi connectivity index (χ4v) is 1.80. The lowest BCUT2D eigenvalue weighted by Gasteiger charge is -2.02. The molecule has 0 saturated carbocycles. The quantitative estimate of drug-likeness (QED) is 0.654. The van der Waals surface area contributed by atoms with E-state index in [2.05, 4.69) is 5.32 Å². The summed E-state index contributed by atoms with van der Waals surface area (Å²) in [5, 5.41) is 3.43. The van der Waals surface area contributed by atoms with Gasteiger partial charge in [0.25, 0.3) is 0 Å². The van der Waals surface area contributed by atoms with Crippen LogP contribution in [-0.2, 0) is 4.79 Å². The molecule has 0 aromatic heterocycles. The van der Waals surface area contributed by atoms with Crippen LogP contribution in [0.5, 0.6) is 0 Å². The first-order valence-corrected chi connectivity index (χ1v) is 4.17. The molecule has 2 rings (SSSR count). The maximum atomic E-state index is 11.2. The molecule has 0 bridgehead atoms. The summed E-state index contributed by atoms with van der Waals surface area (Å²) in [7, 11) is 0. The number of carbonyl (C=O) groups is 1. The van der Waals surface area contributed by atoms with Crippen LogP contribution in [0.2, 0.25) is 5.02 Å². The van der Waals surface area contributed by atoms with Gasteiger partial charge >= 0.3 is 0 Å². The predicted octanol–water partition coefficient (Wildman–Crippen LogP) is 2.40. The fourth-order valence-electron chi connectivity index (χ4n) is 1.46. The lowest BCUT2D eigenvalue weighted by atomic mass is 10.0. The molecule has 62 valence electrons. The smallest absolute Gasteiger partial charge is 0.231 e. The third-order valence-corrected chi connectivity index (χ3v) is 2.47. The van der Waals surface area contributed by atoms with Gasteiger partial charge in [0.1, 0.15) is 0 Å². The van der Waals surface area contributed by atoms with Gasteiger partial charge in [-0.25, -0.2) is 0 Å². The number of benzene rings is 1. The Morgan fingerprint density at radius 1 is 1.50 bits per heavy atom. The molecular weight excluding hydrogens is 174 g/mol. The zero-order valence-electron chi connectivity index (χ0n) is 6.60. The van der Waals surface area contributed by atoms with Crippen molar-refractivity contribution in [1.29, 1.82) is 0 Å². The molecule has 1 N–H and O–H groups in total. The Balaban J connectivity index is 2.62. The Labute approximate surface area is 75.5 Å². The number of fused-ring (bicyclic) bond motifs is 1. The highest BCUT2D eigenvalue weighted by atomic mass is 35.5. The maximum absolute atomic E-state index is 11.2. The maximum Gasteiger partial charge on any atom is 0.231 e. The van der Waals surface area contributed by atoms with Crippen molar-refractivity contribution in [3.05, 3.63) is 28.8 Å². The molecule has 1 aromatic carbocycles. The molecule has 1 heterocycles. The highest BCUT2D eigenvalue weighted by Crippen LogP contribution is 2.36. The van der Waals surface area contributed by atoms with Gasteiger partial charge in [-0.05, 0) is 19.1 Å². The molecule has 1 aliphatic heterocycles. The first-order valence-electron chi connectivity index (χ1n) is 3.79. The van der Waals surface area contributed by atoms with E-state index in [0.29, 0.717) is 5.02 Å². The molecule has 1 amide bonds. The number of rotatable bonds is 0. The second-order valence-corrected chi connectivity index (χ2v) is 3.32. The molecular formula is C9H8ClNO. The normalized spacial score (nSPS) is 20.5. The Morgan fingerprint density at radius 3 is 2.92 bits per heavy atom. The lowest BCUT2D eigenvalue weighted by Crippen LogP contribution is -2.08. The Morgan fingerprint density at radius 2 is 2.25 bits per heavy atom. The number of hydrogen-bond acceptors (Lipinski definition) is 1. The summed E-state index contributed by atoms with van der Waals surface area (Å²) in [5.41, 5.74) is 1.77. The fraction of sp³-hybridized carbons (Fsp3) is 0.222. The SMILES string of the molecule is CC1C(=O)Nc2cccc(Cl)c21. The molecule has 1 unspecified atom stereocenters. The van der Waals surface area contributed by atoms with Crippen LogP contribution in [-0.4, -0.2) is 5.91 Å². The van der Waals surface area contributed by atoms with Crippen LogP contribution in [0.4, 0.5) is 5.69 Å². The summed E-state index contributed by atoms with van der Waals surface area (Å²) < 4.78 is 0. The summed E-state index contributed by atoms with van der Waals surface area (Å²) in [6.45, 7) is 1.85. The van der Waals surface area contributed by atoms with E-state index in [1.165, 1.54) is 0 Å². The minimum atomic E-state index is -0.117. The molecule has 0 radical (unpaired) electrons. The third kappa shape index (κ3) is 0.916. The van der Waals surface area contributed by atoms with Crippen LogP contribution in [0.1, 0.15) is 18.4 Å². The first kappa shape index (κ1) is 7.62. The van der Waals surface area contributed by atoms with E-state index in [-0.39, 0.29) is 11.8 Å². The van der Waals surface area contributed by atoms with E-state index in [0.717, 1.165) is 11.3 Å². The lowest BCUT2D eigenvalue weighted by molar-refractivity contribution is -0.116. The first-order chi connectivity index (χ1) is 5.70. The van der Waals surface area contributed by atoms with Crippen molar-refractivity contribution in [3.8, 4) is 0 Å². The molecule has 1 aromatic rings. The number of hydrogen-bond donors (Lipinski definition) is 1. The van der Waals surface area contributed by atoms with E-state index in [4.69, 9.17) is 11.6 Å². The van der Waals surface area contributed by atoms with Gasteiger partial charge in [0, 0.05) is 16.3 Å². The summed E-state index contributed by atoms with van der Waals surface area (Å²) in [6.07, 6.45) is 0. The van der Waals surface area contributed by atoms with Gasteiger partial charge in [-0.3, -0.25) is 4.79 Å². The highest BCUT2D eigenvalue weighted by Gasteiger charge is 2.28. The number of amides is 1. The van der Waals surface area contributed by atoms with Gasteiger partial charge in [0.05, 0.1) is 5.92 Å². The third-order valence-electron chi connectivity index (χ3n) is 2.14. The van der Waals surface area contributed by atoms with Gasteiger partial charge in [-0.15, -0.1) is 0 Å². The summed E-state index contributed by atoms with van der Waals surface area (Å²) in [6, 6.07) is 5.50. The van der Waals surface area contributed by atoms with Crippen LogP contribution >= 0.6 is 11.6 Å². The van der Waals surface area contributed by atoms with Gasteiger partial charge < -0.3 is 5.32 Å². The predicted molar refractivity (Wildman–Crippen MR) is 48.5 cm³/mol. The summed E-state index contributed by atoms with van der Waals surface area (Å²) >= 11 is 5.94. The minimum Gasteiger partial charge on any atom is -0.325 e. The van der Waals surface area contributed by atoms with E-state index in [1.54, 1.807) is 6.07 Å². The van der Waals surface area contributed by atoms with E-state index < -0.39 is 0 Å². The summed E-state index contributed by atoms with van der Waals surface area (Å²) in [4.78, 5) is 11.2. The number of halogens is 1. The zero-order valence-corrected chi connectivity index (χ0v) is 7.35. The standard InChI is InChI=1S/C9H8ClNO/c1-5-8-6(10)3-2-4-7(8)11-9(5)12/h2-5H,1H3,(H,11,12). The topological polar surface area (TPSA) is 29.1 Å². The van der Waals surface area contributed by atoms with Crippen LogP contribution in [0.15, 0.2) is 18.2 Å². The molecule has 0 saturated heterocycles. The van der Waals surface area contributed by atoms with Crippen molar-refractivity contribution in [2.24, 2.45) is 0 Å². The van der Waals surface area contributed by atoms with Crippen molar-refractivity contribution in [1.82, 2.24) is 0 Å². The Bertz CT molecular complexity index is 348. The van der Waals surface area contributed by atoms with Crippen molar-refractivity contribution in [3.63, 3.8) is 0 Å². The molecule has 0 fully saturated rings. The van der Waals surface area contributed by atoms with Gasteiger partial charge in [0.15, 0.2) is 0 Å². The minimum absolute atomic E-state index is 0.0260. The van der Waals surface area contributed by atoms with Gasteiger partial charge in [0.2, 0.25) is 5.91 Å². The second kappa shape index (κ2) is 2.49. The average molecular weight is 182 g/mol. The van der Waals surface area contributed by atoms with Crippen molar-refractivity contribution < 1.29 is 4.79 Å². The molecule has 12 heavy (non-hydrogen) atoms. The molecule has 0 spiro atoms. The Kier molecular flexibility index (Phi) is 1.58. The van der Waals surface area contributed by atoms with Crippen molar-refractivity contribution >= 4 is 23.2 Å². The van der Waals surface area contributed by atoms with Gasteiger partial charge in [-0.1, -0.05) is 17.7 Å². The van der Waals surface area contributed by atoms with E-state index >= 15 is 0 Å². The highest BCUT2D eigenvalue weighted by molar-refractivity contribution is 6.32. The van der Waals surface area contributed by atoms with Crippen LogP contribution < -0.4 is 5.32 Å². The molecule has 1 aliphatic rings. The Hall–Kier alpha value is -1.02. The van der Waals surface area contributed by atoms with E-state index in [9.17, 15) is 4.79 Å². The second-order valence-electron chi connectivity index (χ2n) is 2.91. The van der Waals surface area contributed by atoms with Crippen LogP contribution in [0.25, 0.3) is 0 Å². The van der Waals surface area contributed by atoms with E-state index in [1.807, 2.05) is 19.1 Å². The molecule has 2 nitrogen and oxygen atoms in total. The molecule has 0 aliphatic carbocycles. The molecule has 3 heteroatoms. The van der Waals surface area contributed by atoms with Crippen LogP contribution in [0.3, 0.4) is 0 Å². The monoisotopic (exact) mass is 181 g/mol. The van der Waals surface area contributed by atoms with Gasteiger partial charge in [-0.2, -0.15) is 0 Å². The number of nitrogens with one attached hydrogen (secondary N) is 1. The number of carbonyl (C=O) groups excluding carboxylic acids is 1. The largest absolute Gasteiger partial charge is 0.325 e. The zero-order chi connectivity index (χ0) is 8.72.